The molecule has 1 N–H and O–H groups in total. The van der Waals surface area contributed by atoms with E-state index >= 15 is 0 Å². The minimum Gasteiger partial charge on any atom is -0.379 e. The number of benzene rings is 1. The van der Waals surface area contributed by atoms with E-state index in [0.29, 0.717) is 6.04 Å². The van der Waals surface area contributed by atoms with Crippen molar-refractivity contribution >= 4 is 21.6 Å². The Labute approximate surface area is 123 Å². The van der Waals surface area contributed by atoms with Crippen LogP contribution in [0.1, 0.15) is 36.7 Å². The minimum atomic E-state index is 0.436. The molecule has 0 saturated heterocycles. The zero-order chi connectivity index (χ0) is 14.0. The first-order valence-electron chi connectivity index (χ1n) is 6.50. The van der Waals surface area contributed by atoms with E-state index in [1.165, 1.54) is 22.5 Å². The summed E-state index contributed by atoms with van der Waals surface area (Å²) >= 11 is 3.53. The second kappa shape index (κ2) is 5.78. The van der Waals surface area contributed by atoms with Gasteiger partial charge in [0.15, 0.2) is 0 Å². The normalized spacial score (nSPS) is 11.1. The topological polar surface area (TPSA) is 29.9 Å². The Hall–Kier alpha value is -1.29. The highest BCUT2D eigenvalue weighted by Gasteiger charge is 2.08. The molecule has 0 atom stereocenters. The Bertz CT molecular complexity index is 550. The highest BCUT2D eigenvalue weighted by Crippen LogP contribution is 2.25. The highest BCUT2D eigenvalue weighted by atomic mass is 79.9. The van der Waals surface area contributed by atoms with Crippen molar-refractivity contribution in [3.63, 3.8) is 0 Å². The Kier molecular flexibility index (Phi) is 4.30. The fourth-order valence-electron chi connectivity index (χ4n) is 2.30. The van der Waals surface area contributed by atoms with Gasteiger partial charge in [-0.05, 0) is 51.0 Å². The van der Waals surface area contributed by atoms with Crippen molar-refractivity contribution in [1.29, 1.82) is 0 Å². The molecule has 0 aliphatic heterocycles. The molecule has 0 aliphatic carbocycles. The van der Waals surface area contributed by atoms with Crippen LogP contribution in [-0.2, 0) is 6.54 Å². The Morgan fingerprint density at radius 1 is 1.26 bits per heavy atom. The summed E-state index contributed by atoms with van der Waals surface area (Å²) in [7, 11) is 0. The first-order chi connectivity index (χ1) is 8.99. The van der Waals surface area contributed by atoms with Crippen LogP contribution in [0.3, 0.4) is 0 Å². The number of aromatic nitrogens is 2. The van der Waals surface area contributed by atoms with Crippen molar-refractivity contribution in [3.8, 4) is 0 Å². The van der Waals surface area contributed by atoms with E-state index in [2.05, 4.69) is 70.6 Å². The van der Waals surface area contributed by atoms with Gasteiger partial charge in [-0.1, -0.05) is 15.9 Å². The molecule has 0 unspecified atom stereocenters. The average Bonchev–Trinajstić information content (AvgIpc) is 2.75. The van der Waals surface area contributed by atoms with Crippen molar-refractivity contribution in [2.75, 3.05) is 5.32 Å². The van der Waals surface area contributed by atoms with Crippen LogP contribution in [0, 0.1) is 13.8 Å². The predicted molar refractivity (Wildman–Crippen MR) is 83.6 cm³/mol. The number of nitrogens with one attached hydrogen (secondary N) is 1. The van der Waals surface area contributed by atoms with Gasteiger partial charge in [0.05, 0.1) is 18.6 Å². The van der Waals surface area contributed by atoms with Gasteiger partial charge in [0.25, 0.3) is 0 Å². The summed E-state index contributed by atoms with van der Waals surface area (Å²) in [5.41, 5.74) is 4.92. The zero-order valence-corrected chi connectivity index (χ0v) is 13.5. The van der Waals surface area contributed by atoms with E-state index < -0.39 is 0 Å². The summed E-state index contributed by atoms with van der Waals surface area (Å²) in [6.45, 7) is 9.38. The molecule has 0 aliphatic rings. The summed E-state index contributed by atoms with van der Waals surface area (Å²) in [5, 5.41) is 3.52. The second-order valence-electron chi connectivity index (χ2n) is 5.15. The van der Waals surface area contributed by atoms with Crippen molar-refractivity contribution < 1.29 is 0 Å². The lowest BCUT2D eigenvalue weighted by molar-refractivity contribution is 0.577. The van der Waals surface area contributed by atoms with Crippen molar-refractivity contribution in [1.82, 2.24) is 9.55 Å². The third-order valence-corrected chi connectivity index (χ3v) is 3.70. The number of hydrogen-bond donors (Lipinski definition) is 1. The fraction of sp³-hybridized carbons (Fsp3) is 0.400. The standard InChI is InChI=1S/C15H20BrN3/c1-10(2)19-9-17-7-14(19)8-18-15-11(3)5-13(16)6-12(15)4/h5-7,9-10,18H,8H2,1-4H3. The molecule has 0 saturated carbocycles. The van der Waals surface area contributed by atoms with Crippen LogP contribution in [0.25, 0.3) is 0 Å². The lowest BCUT2D eigenvalue weighted by Gasteiger charge is -2.16. The number of imidazole rings is 1. The molecule has 0 radical (unpaired) electrons. The van der Waals surface area contributed by atoms with Crippen LogP contribution in [-0.4, -0.2) is 9.55 Å². The van der Waals surface area contributed by atoms with E-state index in [9.17, 15) is 0 Å². The minimum absolute atomic E-state index is 0.436. The molecule has 2 aromatic rings. The van der Waals surface area contributed by atoms with Crippen LogP contribution in [0.15, 0.2) is 29.1 Å². The number of halogens is 1. The molecular weight excluding hydrogens is 302 g/mol. The third-order valence-electron chi connectivity index (χ3n) is 3.25. The van der Waals surface area contributed by atoms with Crippen LogP contribution < -0.4 is 5.32 Å². The molecule has 19 heavy (non-hydrogen) atoms. The summed E-state index contributed by atoms with van der Waals surface area (Å²) < 4.78 is 3.32. The quantitative estimate of drug-likeness (QED) is 0.901. The predicted octanol–water partition coefficient (Wildman–Crippen LogP) is 4.46. The zero-order valence-electron chi connectivity index (χ0n) is 11.9. The van der Waals surface area contributed by atoms with Crippen LogP contribution >= 0.6 is 15.9 Å². The van der Waals surface area contributed by atoms with Gasteiger partial charge < -0.3 is 9.88 Å². The fourth-order valence-corrected chi connectivity index (χ4v) is 2.99. The number of rotatable bonds is 4. The maximum Gasteiger partial charge on any atom is 0.0951 e. The van der Waals surface area contributed by atoms with Crippen molar-refractivity contribution in [3.05, 3.63) is 46.0 Å². The summed E-state index contributed by atoms with van der Waals surface area (Å²) in [6.07, 6.45) is 3.82. The average molecular weight is 322 g/mol. The monoisotopic (exact) mass is 321 g/mol. The molecule has 1 aromatic heterocycles. The smallest absolute Gasteiger partial charge is 0.0951 e. The largest absolute Gasteiger partial charge is 0.379 e. The van der Waals surface area contributed by atoms with E-state index in [1.54, 1.807) is 0 Å². The van der Waals surface area contributed by atoms with Gasteiger partial charge in [-0.2, -0.15) is 0 Å². The summed E-state index contributed by atoms with van der Waals surface area (Å²) in [5.74, 6) is 0. The molecule has 1 aromatic carbocycles. The third kappa shape index (κ3) is 3.18. The molecule has 1 heterocycles. The highest BCUT2D eigenvalue weighted by molar-refractivity contribution is 9.10. The Morgan fingerprint density at radius 2 is 1.89 bits per heavy atom. The molecular formula is C15H20BrN3. The molecule has 0 fully saturated rings. The first-order valence-corrected chi connectivity index (χ1v) is 7.29. The van der Waals surface area contributed by atoms with Crippen LogP contribution in [0.4, 0.5) is 5.69 Å². The maximum absolute atomic E-state index is 4.23. The van der Waals surface area contributed by atoms with E-state index in [4.69, 9.17) is 0 Å². The number of nitrogens with zero attached hydrogens (tertiary/aromatic N) is 2. The molecule has 3 nitrogen and oxygen atoms in total. The second-order valence-corrected chi connectivity index (χ2v) is 6.07. The summed E-state index contributed by atoms with van der Waals surface area (Å²) in [4.78, 5) is 4.23. The summed E-state index contributed by atoms with van der Waals surface area (Å²) in [6, 6.07) is 4.70. The van der Waals surface area contributed by atoms with Crippen LogP contribution in [0.5, 0.6) is 0 Å². The van der Waals surface area contributed by atoms with Gasteiger partial charge in [0.1, 0.15) is 0 Å². The molecule has 102 valence electrons. The molecule has 2 rings (SSSR count). The van der Waals surface area contributed by atoms with Gasteiger partial charge in [0, 0.05) is 22.4 Å². The molecule has 0 amide bonds. The maximum atomic E-state index is 4.23. The molecule has 0 spiro atoms. The van der Waals surface area contributed by atoms with Gasteiger partial charge in [-0.3, -0.25) is 0 Å². The lowest BCUT2D eigenvalue weighted by Crippen LogP contribution is -2.10. The van der Waals surface area contributed by atoms with Crippen LogP contribution in [0.2, 0.25) is 0 Å². The van der Waals surface area contributed by atoms with Crippen molar-refractivity contribution in [2.24, 2.45) is 0 Å². The van der Waals surface area contributed by atoms with Gasteiger partial charge in [-0.15, -0.1) is 0 Å². The van der Waals surface area contributed by atoms with Gasteiger partial charge >= 0.3 is 0 Å². The van der Waals surface area contributed by atoms with E-state index in [0.717, 1.165) is 11.0 Å². The number of aryl methyl sites for hydroxylation is 2. The molecule has 0 bridgehead atoms. The Morgan fingerprint density at radius 3 is 2.47 bits per heavy atom. The van der Waals surface area contributed by atoms with E-state index in [1.807, 2.05) is 12.5 Å². The van der Waals surface area contributed by atoms with Gasteiger partial charge in [-0.25, -0.2) is 4.98 Å². The molecule has 4 heteroatoms. The number of anilines is 1. The first kappa shape index (κ1) is 14.1. The van der Waals surface area contributed by atoms with E-state index in [-0.39, 0.29) is 0 Å². The lowest BCUT2D eigenvalue weighted by atomic mass is 10.1. The SMILES string of the molecule is Cc1cc(Br)cc(C)c1NCc1cncn1C(C)C. The number of hydrogen-bond acceptors (Lipinski definition) is 2. The Balaban J connectivity index is 2.17. The van der Waals surface area contributed by atoms with Gasteiger partial charge in [0.2, 0.25) is 0 Å². The van der Waals surface area contributed by atoms with Crippen molar-refractivity contribution in [2.45, 2.75) is 40.3 Å².